The molecular formula is C23H27N4O3S+. The minimum atomic E-state index is -0.214. The Kier molecular flexibility index (Phi) is 5.41. The van der Waals surface area contributed by atoms with Crippen molar-refractivity contribution in [3.8, 4) is 5.75 Å². The number of nitrogens with one attached hydrogen (secondary N) is 2. The highest BCUT2D eigenvalue weighted by molar-refractivity contribution is 7.21. The van der Waals surface area contributed by atoms with E-state index >= 15 is 0 Å². The molecular weight excluding hydrogens is 412 g/mol. The van der Waals surface area contributed by atoms with Gasteiger partial charge in [-0.3, -0.25) is 9.69 Å². The Morgan fingerprint density at radius 3 is 2.71 bits per heavy atom. The highest BCUT2D eigenvalue weighted by Crippen LogP contribution is 2.40. The number of para-hydroxylation sites is 2. The van der Waals surface area contributed by atoms with Gasteiger partial charge in [-0.05, 0) is 43.4 Å². The number of nitrogens with zero attached hydrogens (tertiary/aromatic N) is 1. The average molecular weight is 440 g/mol. The molecule has 1 aliphatic carbocycles. The van der Waals surface area contributed by atoms with Crippen LogP contribution in [0.1, 0.15) is 33.6 Å². The van der Waals surface area contributed by atoms with Crippen LogP contribution in [0.5, 0.6) is 5.75 Å². The monoisotopic (exact) mass is 439 g/mol. The van der Waals surface area contributed by atoms with Gasteiger partial charge in [-0.1, -0.05) is 23.5 Å². The zero-order valence-electron chi connectivity index (χ0n) is 17.6. The van der Waals surface area contributed by atoms with Crippen molar-refractivity contribution >= 4 is 44.7 Å². The van der Waals surface area contributed by atoms with Gasteiger partial charge in [0.1, 0.15) is 23.7 Å². The van der Waals surface area contributed by atoms with E-state index in [-0.39, 0.29) is 5.91 Å². The largest absolute Gasteiger partial charge is 0.495 e. The summed E-state index contributed by atoms with van der Waals surface area (Å²) in [7, 11) is 1.59. The van der Waals surface area contributed by atoms with Crippen molar-refractivity contribution in [1.82, 2.24) is 0 Å². The molecule has 0 atom stereocenters. The molecule has 5 rings (SSSR count). The zero-order chi connectivity index (χ0) is 21.4. The highest BCUT2D eigenvalue weighted by atomic mass is 32.1. The molecule has 1 aliphatic heterocycles. The molecule has 1 amide bonds. The molecule has 1 fully saturated rings. The fourth-order valence-electron chi connectivity index (χ4n) is 4.61. The molecule has 0 spiro atoms. The number of nitrogen functional groups attached to an aromatic ring is 1. The first kappa shape index (κ1) is 20.1. The number of morpholine rings is 1. The predicted octanol–water partition coefficient (Wildman–Crippen LogP) is 3.27. The first-order chi connectivity index (χ1) is 15.2. The fourth-order valence-corrected chi connectivity index (χ4v) is 5.65. The summed E-state index contributed by atoms with van der Waals surface area (Å²) in [6, 6.07) is 7.38. The van der Waals surface area contributed by atoms with Crippen LogP contribution in [-0.4, -0.2) is 39.3 Å². The van der Waals surface area contributed by atoms with Crippen LogP contribution in [0.3, 0.4) is 0 Å². The molecule has 4 N–H and O–H groups in total. The number of amides is 1. The van der Waals surface area contributed by atoms with Gasteiger partial charge in [-0.15, -0.1) is 0 Å². The molecule has 8 heteroatoms. The second kappa shape index (κ2) is 8.36. The molecule has 2 aromatic heterocycles. The van der Waals surface area contributed by atoms with Gasteiger partial charge < -0.3 is 20.5 Å². The predicted molar refractivity (Wildman–Crippen MR) is 123 cm³/mol. The highest BCUT2D eigenvalue weighted by Gasteiger charge is 2.31. The molecule has 162 valence electrons. The lowest BCUT2D eigenvalue weighted by Crippen LogP contribution is -2.40. The molecule has 0 radical (unpaired) electrons. The molecule has 31 heavy (non-hydrogen) atoms. The van der Waals surface area contributed by atoms with E-state index in [0.717, 1.165) is 55.8 Å². The molecule has 2 aliphatic rings. The van der Waals surface area contributed by atoms with E-state index in [2.05, 4.69) is 15.2 Å². The van der Waals surface area contributed by atoms with Gasteiger partial charge in [0.25, 0.3) is 11.7 Å². The van der Waals surface area contributed by atoms with Gasteiger partial charge >= 0.3 is 0 Å². The van der Waals surface area contributed by atoms with Gasteiger partial charge in [-0.25, -0.2) is 4.98 Å². The summed E-state index contributed by atoms with van der Waals surface area (Å²) >= 11 is 1.42. The van der Waals surface area contributed by atoms with Crippen LogP contribution < -0.4 is 25.7 Å². The average Bonchev–Trinajstić information content (AvgIpc) is 3.16. The maximum Gasteiger partial charge on any atom is 0.279 e. The summed E-state index contributed by atoms with van der Waals surface area (Å²) in [5.74, 6) is 1.58. The number of aromatic amines is 1. The van der Waals surface area contributed by atoms with Gasteiger partial charge in [-0.2, -0.15) is 0 Å². The van der Waals surface area contributed by atoms with Crippen LogP contribution in [0.4, 0.5) is 17.2 Å². The molecule has 1 aromatic carbocycles. The number of benzene rings is 1. The number of aryl methyl sites for hydroxylation is 1. The van der Waals surface area contributed by atoms with Crippen LogP contribution in [0.25, 0.3) is 10.2 Å². The van der Waals surface area contributed by atoms with Gasteiger partial charge in [0.15, 0.2) is 4.83 Å². The number of pyridine rings is 1. The van der Waals surface area contributed by atoms with E-state index in [0.29, 0.717) is 22.0 Å². The number of nitrogens with two attached hydrogens (primary N) is 1. The second-order valence-electron chi connectivity index (χ2n) is 7.94. The fraction of sp³-hybridized carbons (Fsp3) is 0.391. The zero-order valence-corrected chi connectivity index (χ0v) is 18.4. The minimum Gasteiger partial charge on any atom is -0.495 e. The van der Waals surface area contributed by atoms with Gasteiger partial charge in [0, 0.05) is 5.56 Å². The Labute approximate surface area is 185 Å². The van der Waals surface area contributed by atoms with E-state index in [1.165, 1.54) is 34.7 Å². The van der Waals surface area contributed by atoms with Crippen LogP contribution in [0.15, 0.2) is 24.3 Å². The Hall–Kier alpha value is -2.84. The Bertz CT molecular complexity index is 1140. The Morgan fingerprint density at radius 2 is 1.94 bits per heavy atom. The number of carbonyl (C=O) groups is 1. The summed E-state index contributed by atoms with van der Waals surface area (Å²) < 4.78 is 10.9. The quantitative estimate of drug-likeness (QED) is 0.651. The third-order valence-electron chi connectivity index (χ3n) is 6.12. The summed E-state index contributed by atoms with van der Waals surface area (Å²) in [5.41, 5.74) is 10.4. The lowest BCUT2D eigenvalue weighted by Gasteiger charge is -2.26. The second-order valence-corrected chi connectivity index (χ2v) is 8.96. The van der Waals surface area contributed by atoms with Crippen molar-refractivity contribution < 1.29 is 19.3 Å². The van der Waals surface area contributed by atoms with Crippen molar-refractivity contribution in [2.45, 2.75) is 25.7 Å². The number of ether oxygens (including phenoxy) is 2. The number of aromatic nitrogens is 1. The van der Waals surface area contributed by atoms with Crippen LogP contribution in [0, 0.1) is 0 Å². The molecule has 7 nitrogen and oxygen atoms in total. The van der Waals surface area contributed by atoms with Crippen molar-refractivity contribution in [2.24, 2.45) is 0 Å². The molecule has 3 heterocycles. The number of hydrogen-bond acceptors (Lipinski definition) is 6. The summed E-state index contributed by atoms with van der Waals surface area (Å²) in [4.78, 5) is 20.6. The normalized spacial score (nSPS) is 16.2. The van der Waals surface area contributed by atoms with Crippen molar-refractivity contribution in [3.63, 3.8) is 0 Å². The minimum absolute atomic E-state index is 0.214. The number of fused-ring (bicyclic) bond motifs is 3. The number of H-pyrrole nitrogens is 1. The summed E-state index contributed by atoms with van der Waals surface area (Å²) in [6.45, 7) is 3.21. The summed E-state index contributed by atoms with van der Waals surface area (Å²) in [5, 5.41) is 3.98. The van der Waals surface area contributed by atoms with Crippen LogP contribution >= 0.6 is 11.3 Å². The Balaban J connectivity index is 1.57. The number of hydrogen-bond donors (Lipinski definition) is 2. The third-order valence-corrected chi connectivity index (χ3v) is 7.24. The lowest BCUT2D eigenvalue weighted by atomic mass is 9.89. The Morgan fingerprint density at radius 1 is 1.19 bits per heavy atom. The van der Waals surface area contributed by atoms with E-state index in [9.17, 15) is 4.79 Å². The molecule has 3 aromatic rings. The molecule has 0 saturated carbocycles. The smallest absolute Gasteiger partial charge is 0.279 e. The van der Waals surface area contributed by atoms with Crippen LogP contribution in [0.2, 0.25) is 0 Å². The van der Waals surface area contributed by atoms with E-state index in [1.54, 1.807) is 7.11 Å². The van der Waals surface area contributed by atoms with Gasteiger partial charge in [0.2, 0.25) is 0 Å². The number of anilines is 3. The van der Waals surface area contributed by atoms with E-state index in [1.807, 2.05) is 24.3 Å². The van der Waals surface area contributed by atoms with Crippen molar-refractivity contribution in [2.75, 3.05) is 49.4 Å². The SMILES string of the molecule is COc1ccccc1NC(=O)c1sc2[nH+]c(N3CCOCC3)c3c(c2c1N)CCCC3. The number of methoxy groups -OCH3 is 1. The molecule has 0 bridgehead atoms. The molecule has 0 unspecified atom stereocenters. The number of rotatable bonds is 4. The first-order valence-corrected chi connectivity index (χ1v) is 11.5. The van der Waals surface area contributed by atoms with E-state index < -0.39 is 0 Å². The maximum absolute atomic E-state index is 13.2. The lowest BCUT2D eigenvalue weighted by molar-refractivity contribution is -0.328. The van der Waals surface area contributed by atoms with E-state index in [4.69, 9.17) is 15.2 Å². The number of thiophene rings is 1. The standard InChI is InChI=1S/C23H26N4O3S/c1-29-17-9-5-4-8-16(17)25-22(28)20-19(24)18-14-6-2-3-7-15(14)21(26-23(18)31-20)27-10-12-30-13-11-27/h4-5,8-9H,2-3,6-7,10-13,24H2,1H3,(H,25,28)/p+1. The van der Waals surface area contributed by atoms with Gasteiger partial charge in [0.05, 0.1) is 37.1 Å². The van der Waals surface area contributed by atoms with Crippen molar-refractivity contribution in [1.29, 1.82) is 0 Å². The van der Waals surface area contributed by atoms with Crippen molar-refractivity contribution in [3.05, 3.63) is 40.3 Å². The third kappa shape index (κ3) is 3.59. The van der Waals surface area contributed by atoms with Crippen LogP contribution in [-0.2, 0) is 17.6 Å². The summed E-state index contributed by atoms with van der Waals surface area (Å²) in [6.07, 6.45) is 4.35. The first-order valence-electron chi connectivity index (χ1n) is 10.7. The molecule has 1 saturated heterocycles. The maximum atomic E-state index is 13.2. The topological polar surface area (TPSA) is 91.0 Å². The number of carbonyl (C=O) groups excluding carboxylic acids is 1.